The van der Waals surface area contributed by atoms with Crippen molar-refractivity contribution in [3.8, 4) is 23.0 Å². The Morgan fingerprint density at radius 1 is 1.02 bits per heavy atom. The molecule has 0 spiro atoms. The van der Waals surface area contributed by atoms with E-state index >= 15 is 0 Å². The second-order valence-electron chi connectivity index (χ2n) is 11.5. The first-order valence-corrected chi connectivity index (χ1v) is 15.5. The number of ether oxygens (including phenoxy) is 4. The summed E-state index contributed by atoms with van der Waals surface area (Å²) in [6.45, 7) is 4.45. The molecule has 2 aliphatic heterocycles. The number of aryl methyl sites for hydroxylation is 2. The maximum atomic E-state index is 13.7. The van der Waals surface area contributed by atoms with Crippen LogP contribution in [-0.2, 0) is 22.4 Å². The summed E-state index contributed by atoms with van der Waals surface area (Å²) in [6, 6.07) is 14.4. The van der Waals surface area contributed by atoms with Gasteiger partial charge in [0.15, 0.2) is 11.5 Å². The number of carbonyl (C=O) groups excluding carboxylic acids is 1. The van der Waals surface area contributed by atoms with Crippen LogP contribution >= 0.6 is 11.6 Å². The number of carboxylic acid groups (broad SMARTS) is 1. The van der Waals surface area contributed by atoms with Gasteiger partial charge in [0.2, 0.25) is 18.4 Å². The molecular weight excluding hydrogens is 584 g/mol. The van der Waals surface area contributed by atoms with Gasteiger partial charge < -0.3 is 29.4 Å². The van der Waals surface area contributed by atoms with Crippen molar-refractivity contribution in [2.75, 3.05) is 32.3 Å². The lowest BCUT2D eigenvalue weighted by Gasteiger charge is -2.27. The molecule has 1 amide bonds. The number of aliphatic carboxylic acids is 1. The van der Waals surface area contributed by atoms with Gasteiger partial charge in [-0.05, 0) is 84.3 Å². The molecule has 10 heteroatoms. The normalized spacial score (nSPS) is 20.9. The topological polar surface area (TPSA) is 107 Å². The lowest BCUT2D eigenvalue weighted by Crippen LogP contribution is -2.35. The molecule has 9 nitrogen and oxygen atoms in total. The highest BCUT2D eigenvalue weighted by Crippen LogP contribution is 2.50. The van der Waals surface area contributed by atoms with Gasteiger partial charge in [0, 0.05) is 29.2 Å². The molecule has 0 aromatic heterocycles. The number of methoxy groups -OCH3 is 1. The summed E-state index contributed by atoms with van der Waals surface area (Å²) in [4.78, 5) is 28.7. The van der Waals surface area contributed by atoms with E-state index in [9.17, 15) is 14.7 Å². The molecule has 1 unspecified atom stereocenters. The number of likely N-dealkylation sites (tertiary alicyclic amines) is 1. The van der Waals surface area contributed by atoms with Gasteiger partial charge in [-0.3, -0.25) is 14.5 Å². The summed E-state index contributed by atoms with van der Waals surface area (Å²) in [5, 5.41) is 14.4. The highest BCUT2D eigenvalue weighted by molar-refractivity contribution is 6.30. The van der Waals surface area contributed by atoms with Crippen molar-refractivity contribution >= 4 is 29.2 Å². The molecule has 3 aliphatic rings. The van der Waals surface area contributed by atoms with Crippen molar-refractivity contribution in [1.82, 2.24) is 4.90 Å². The van der Waals surface area contributed by atoms with Gasteiger partial charge in [-0.1, -0.05) is 37.6 Å². The van der Waals surface area contributed by atoms with Crippen LogP contribution in [0.25, 0.3) is 0 Å². The SMILES string of the molecule is CCc1cc(Cl)cc(CC)c1NC(=O)CN1C[C@H](c2cc(OC)c3c(c2)OCO3)C(C(=O)O)[C@@H]1c1ccc(OC2CC2)cc1. The largest absolute Gasteiger partial charge is 0.493 e. The van der Waals surface area contributed by atoms with E-state index in [1.165, 1.54) is 0 Å². The van der Waals surface area contributed by atoms with E-state index < -0.39 is 23.8 Å². The fourth-order valence-corrected chi connectivity index (χ4v) is 6.68. The number of amides is 1. The number of halogens is 1. The van der Waals surface area contributed by atoms with Crippen LogP contribution in [0.15, 0.2) is 48.5 Å². The standard InChI is InChI=1S/C34H37ClN2O7/c1-4-19-12-23(35)13-20(5-2)31(19)36-29(38)17-37-16-26(22-14-27(41-3)33-28(15-22)42-18-43-33)30(34(39)40)32(37)21-6-8-24(9-7-21)44-25-10-11-25/h6-9,12-15,25-26,30,32H,4-5,10-11,16-18H2,1-3H3,(H,36,38)(H,39,40)/t26-,30?,32+/m1/s1. The minimum absolute atomic E-state index is 0.00188. The van der Waals surface area contributed by atoms with Gasteiger partial charge in [0.1, 0.15) is 5.75 Å². The minimum Gasteiger partial charge on any atom is -0.493 e. The molecule has 3 atom stereocenters. The summed E-state index contributed by atoms with van der Waals surface area (Å²) in [6.07, 6.45) is 3.75. The summed E-state index contributed by atoms with van der Waals surface area (Å²) in [5.41, 5.74) is 4.24. The van der Waals surface area contributed by atoms with E-state index in [0.29, 0.717) is 41.7 Å². The van der Waals surface area contributed by atoms with Crippen molar-refractivity contribution < 1.29 is 33.6 Å². The van der Waals surface area contributed by atoms with Crippen LogP contribution in [0.3, 0.4) is 0 Å². The van der Waals surface area contributed by atoms with Crippen molar-refractivity contribution in [1.29, 1.82) is 0 Å². The Morgan fingerprint density at radius 3 is 2.34 bits per heavy atom. The first-order chi connectivity index (χ1) is 21.3. The first-order valence-electron chi connectivity index (χ1n) is 15.1. The summed E-state index contributed by atoms with van der Waals surface area (Å²) in [7, 11) is 1.54. The van der Waals surface area contributed by atoms with Gasteiger partial charge in [-0.15, -0.1) is 0 Å². The quantitative estimate of drug-likeness (QED) is 0.260. The molecule has 2 heterocycles. The zero-order chi connectivity index (χ0) is 31.0. The fourth-order valence-electron chi connectivity index (χ4n) is 6.42. The number of rotatable bonds is 11. The predicted octanol–water partition coefficient (Wildman–Crippen LogP) is 6.22. The molecule has 3 aromatic carbocycles. The van der Waals surface area contributed by atoms with Crippen LogP contribution in [0.1, 0.15) is 60.9 Å². The fraction of sp³-hybridized carbons (Fsp3) is 0.412. The lowest BCUT2D eigenvalue weighted by atomic mass is 9.82. The van der Waals surface area contributed by atoms with E-state index in [4.69, 9.17) is 30.5 Å². The summed E-state index contributed by atoms with van der Waals surface area (Å²) >= 11 is 6.35. The van der Waals surface area contributed by atoms with Crippen molar-refractivity contribution in [3.05, 3.63) is 75.8 Å². The van der Waals surface area contributed by atoms with E-state index in [1.54, 1.807) is 7.11 Å². The third-order valence-corrected chi connectivity index (χ3v) is 8.90. The number of nitrogens with one attached hydrogen (secondary N) is 1. The average molecular weight is 621 g/mol. The maximum absolute atomic E-state index is 13.7. The molecule has 0 bridgehead atoms. The van der Waals surface area contributed by atoms with Crippen molar-refractivity contribution in [3.63, 3.8) is 0 Å². The number of carbonyl (C=O) groups is 2. The Balaban J connectivity index is 1.35. The monoisotopic (exact) mass is 620 g/mol. The van der Waals surface area contributed by atoms with Gasteiger partial charge in [0.05, 0.1) is 25.7 Å². The number of fused-ring (bicyclic) bond motifs is 1. The number of anilines is 1. The molecule has 2 N–H and O–H groups in total. The van der Waals surface area contributed by atoms with Crippen LogP contribution in [0.4, 0.5) is 5.69 Å². The van der Waals surface area contributed by atoms with Crippen LogP contribution in [-0.4, -0.2) is 55.0 Å². The van der Waals surface area contributed by atoms with E-state index in [1.807, 2.05) is 67.3 Å². The van der Waals surface area contributed by atoms with Gasteiger partial charge in [0.25, 0.3) is 0 Å². The number of nitrogens with zero attached hydrogens (tertiary/aromatic N) is 1. The van der Waals surface area contributed by atoms with Crippen LogP contribution in [0, 0.1) is 5.92 Å². The Bertz CT molecular complexity index is 1530. The molecule has 1 saturated heterocycles. The van der Waals surface area contributed by atoms with E-state index in [-0.39, 0.29) is 25.3 Å². The molecule has 0 radical (unpaired) electrons. The third kappa shape index (κ3) is 6.03. The van der Waals surface area contributed by atoms with Crippen molar-refractivity contribution in [2.24, 2.45) is 5.92 Å². The minimum atomic E-state index is -0.947. The zero-order valence-corrected chi connectivity index (χ0v) is 25.9. The van der Waals surface area contributed by atoms with E-state index in [2.05, 4.69) is 5.32 Å². The Hall–Kier alpha value is -3.95. The smallest absolute Gasteiger partial charge is 0.309 e. The molecule has 1 aliphatic carbocycles. The zero-order valence-electron chi connectivity index (χ0n) is 25.1. The Kier molecular flexibility index (Phi) is 8.60. The molecule has 232 valence electrons. The molecular formula is C34H37ClN2O7. The maximum Gasteiger partial charge on any atom is 0.309 e. The van der Waals surface area contributed by atoms with Crippen LogP contribution < -0.4 is 24.3 Å². The van der Waals surface area contributed by atoms with Crippen LogP contribution in [0.2, 0.25) is 5.02 Å². The highest BCUT2D eigenvalue weighted by Gasteiger charge is 2.48. The van der Waals surface area contributed by atoms with Gasteiger partial charge in [-0.2, -0.15) is 0 Å². The van der Waals surface area contributed by atoms with E-state index in [0.717, 1.165) is 46.5 Å². The second-order valence-corrected chi connectivity index (χ2v) is 12.0. The van der Waals surface area contributed by atoms with Gasteiger partial charge in [-0.25, -0.2) is 0 Å². The molecule has 2 fully saturated rings. The van der Waals surface area contributed by atoms with Crippen LogP contribution in [0.5, 0.6) is 23.0 Å². The summed E-state index contributed by atoms with van der Waals surface area (Å²) in [5.74, 6) is -0.221. The average Bonchev–Trinajstić information content (AvgIpc) is 3.55. The molecule has 3 aromatic rings. The third-order valence-electron chi connectivity index (χ3n) is 8.68. The van der Waals surface area contributed by atoms with Crippen molar-refractivity contribution in [2.45, 2.75) is 57.6 Å². The molecule has 6 rings (SSSR count). The summed E-state index contributed by atoms with van der Waals surface area (Å²) < 4.78 is 22.7. The Labute approximate surface area is 262 Å². The number of carboxylic acids is 1. The molecule has 44 heavy (non-hydrogen) atoms. The predicted molar refractivity (Wildman–Crippen MR) is 166 cm³/mol. The Morgan fingerprint density at radius 2 is 1.73 bits per heavy atom. The number of hydrogen-bond acceptors (Lipinski definition) is 7. The first kappa shape index (κ1) is 30.1. The van der Waals surface area contributed by atoms with Gasteiger partial charge >= 0.3 is 5.97 Å². The highest BCUT2D eigenvalue weighted by atomic mass is 35.5. The number of benzene rings is 3. The molecule has 1 saturated carbocycles. The second kappa shape index (κ2) is 12.6. The lowest BCUT2D eigenvalue weighted by molar-refractivity contribution is -0.143. The number of hydrogen-bond donors (Lipinski definition) is 2.